The van der Waals surface area contributed by atoms with Crippen LogP contribution in [0.15, 0.2) is 40.2 Å². The molecule has 3 aromatic rings. The maximum absolute atomic E-state index is 12.9. The maximum atomic E-state index is 12.9. The number of hydrogen-bond acceptors (Lipinski definition) is 5. The first-order valence-electron chi connectivity index (χ1n) is 6.99. The van der Waals surface area contributed by atoms with Gasteiger partial charge in [-0.05, 0) is 55.1 Å². The number of rotatable bonds is 4. The zero-order valence-electron chi connectivity index (χ0n) is 12.5. The highest BCUT2D eigenvalue weighted by Crippen LogP contribution is 2.20. The molecule has 23 heavy (non-hydrogen) atoms. The van der Waals surface area contributed by atoms with Crippen LogP contribution in [0.1, 0.15) is 34.1 Å². The third kappa shape index (κ3) is 3.29. The summed E-state index contributed by atoms with van der Waals surface area (Å²) in [4.78, 5) is 17.1. The molecule has 0 aliphatic heterocycles. The Kier molecular flexibility index (Phi) is 4.20. The zero-order chi connectivity index (χ0) is 16.4. The molecule has 1 atom stereocenters. The van der Waals surface area contributed by atoms with Gasteiger partial charge in [0.25, 0.3) is 5.91 Å². The molecular weight excluding hydrogens is 317 g/mol. The third-order valence-corrected chi connectivity index (χ3v) is 4.35. The molecule has 1 N–H and O–H groups in total. The van der Waals surface area contributed by atoms with Crippen LogP contribution >= 0.6 is 11.3 Å². The number of aryl methyl sites for hydroxylation is 1. The predicted molar refractivity (Wildman–Crippen MR) is 84.6 cm³/mol. The van der Waals surface area contributed by atoms with Crippen molar-refractivity contribution in [2.45, 2.75) is 19.9 Å². The van der Waals surface area contributed by atoms with Gasteiger partial charge in [0, 0.05) is 5.56 Å². The molecule has 2 heterocycles. The van der Waals surface area contributed by atoms with E-state index in [9.17, 15) is 9.18 Å². The van der Waals surface area contributed by atoms with Gasteiger partial charge in [0.15, 0.2) is 0 Å². The summed E-state index contributed by atoms with van der Waals surface area (Å²) in [5, 5.41) is 8.57. The van der Waals surface area contributed by atoms with Gasteiger partial charge in [-0.2, -0.15) is 4.98 Å². The second kappa shape index (κ2) is 6.29. The average Bonchev–Trinajstić information content (AvgIpc) is 3.17. The Balaban J connectivity index is 1.73. The number of aromatic nitrogens is 2. The van der Waals surface area contributed by atoms with Gasteiger partial charge in [-0.3, -0.25) is 4.79 Å². The molecule has 0 spiro atoms. The Morgan fingerprint density at radius 1 is 1.30 bits per heavy atom. The summed E-state index contributed by atoms with van der Waals surface area (Å²) in [6, 6.07) is 7.27. The van der Waals surface area contributed by atoms with Crippen molar-refractivity contribution in [3.8, 4) is 11.4 Å². The van der Waals surface area contributed by atoms with Crippen LogP contribution in [0.5, 0.6) is 0 Å². The molecule has 5 nitrogen and oxygen atoms in total. The highest BCUT2D eigenvalue weighted by Gasteiger charge is 2.19. The van der Waals surface area contributed by atoms with Gasteiger partial charge in [-0.15, -0.1) is 11.3 Å². The number of hydrogen-bond donors (Lipinski definition) is 1. The molecule has 1 amide bonds. The number of carbonyl (C=O) groups is 1. The third-order valence-electron chi connectivity index (χ3n) is 3.33. The van der Waals surface area contributed by atoms with Gasteiger partial charge in [0.1, 0.15) is 11.9 Å². The van der Waals surface area contributed by atoms with Gasteiger partial charge < -0.3 is 9.84 Å². The van der Waals surface area contributed by atoms with Crippen LogP contribution < -0.4 is 5.32 Å². The smallest absolute Gasteiger partial charge is 0.262 e. The van der Waals surface area contributed by atoms with E-state index in [1.807, 2.05) is 18.4 Å². The molecule has 0 saturated carbocycles. The van der Waals surface area contributed by atoms with E-state index in [2.05, 4.69) is 15.5 Å². The van der Waals surface area contributed by atoms with E-state index in [-0.39, 0.29) is 11.7 Å². The van der Waals surface area contributed by atoms with Crippen LogP contribution in [0.25, 0.3) is 11.4 Å². The molecule has 0 radical (unpaired) electrons. The van der Waals surface area contributed by atoms with Crippen LogP contribution in [0.2, 0.25) is 0 Å². The Morgan fingerprint density at radius 2 is 2.04 bits per heavy atom. The molecular formula is C16H14FN3O2S. The van der Waals surface area contributed by atoms with E-state index in [0.29, 0.717) is 22.2 Å². The molecule has 2 aromatic heterocycles. The van der Waals surface area contributed by atoms with Crippen molar-refractivity contribution in [3.05, 3.63) is 57.9 Å². The lowest BCUT2D eigenvalue weighted by molar-refractivity contribution is 0.0936. The Morgan fingerprint density at radius 3 is 2.70 bits per heavy atom. The lowest BCUT2D eigenvalue weighted by atomic mass is 10.2. The van der Waals surface area contributed by atoms with E-state index in [4.69, 9.17) is 4.52 Å². The SMILES string of the molecule is Cc1ccsc1C(=O)NC(C)c1nc(-c2ccc(F)cc2)no1. The number of thiophene rings is 1. The Bertz CT molecular complexity index is 826. The molecule has 0 saturated heterocycles. The summed E-state index contributed by atoms with van der Waals surface area (Å²) in [5.41, 5.74) is 1.58. The summed E-state index contributed by atoms with van der Waals surface area (Å²) in [6.07, 6.45) is 0. The highest BCUT2D eigenvalue weighted by atomic mass is 32.1. The van der Waals surface area contributed by atoms with Crippen LogP contribution in [-0.2, 0) is 0 Å². The fourth-order valence-corrected chi connectivity index (χ4v) is 2.88. The van der Waals surface area contributed by atoms with Crippen LogP contribution in [-0.4, -0.2) is 16.0 Å². The van der Waals surface area contributed by atoms with E-state index in [1.54, 1.807) is 19.1 Å². The van der Waals surface area contributed by atoms with E-state index < -0.39 is 6.04 Å². The molecule has 0 aliphatic rings. The maximum Gasteiger partial charge on any atom is 0.262 e. The summed E-state index contributed by atoms with van der Waals surface area (Å²) < 4.78 is 18.1. The van der Waals surface area contributed by atoms with Crippen molar-refractivity contribution in [1.29, 1.82) is 0 Å². The fourth-order valence-electron chi connectivity index (χ4n) is 2.06. The average molecular weight is 331 g/mol. The van der Waals surface area contributed by atoms with Crippen LogP contribution in [0, 0.1) is 12.7 Å². The van der Waals surface area contributed by atoms with E-state index >= 15 is 0 Å². The topological polar surface area (TPSA) is 68.0 Å². The molecule has 1 aromatic carbocycles. The Hall–Kier alpha value is -2.54. The first kappa shape index (κ1) is 15.4. The lowest BCUT2D eigenvalue weighted by Gasteiger charge is -2.08. The van der Waals surface area contributed by atoms with Gasteiger partial charge in [-0.25, -0.2) is 4.39 Å². The zero-order valence-corrected chi connectivity index (χ0v) is 13.4. The fraction of sp³-hybridized carbons (Fsp3) is 0.188. The van der Waals surface area contributed by atoms with Gasteiger partial charge in [0.05, 0.1) is 4.88 Å². The molecule has 0 bridgehead atoms. The highest BCUT2D eigenvalue weighted by molar-refractivity contribution is 7.12. The second-order valence-electron chi connectivity index (χ2n) is 5.09. The number of amides is 1. The predicted octanol–water partition coefficient (Wildman–Crippen LogP) is 3.74. The minimum atomic E-state index is -0.425. The van der Waals surface area contributed by atoms with Crippen molar-refractivity contribution in [1.82, 2.24) is 15.5 Å². The van der Waals surface area contributed by atoms with Crippen molar-refractivity contribution >= 4 is 17.2 Å². The number of halogens is 1. The first-order chi connectivity index (χ1) is 11.0. The van der Waals surface area contributed by atoms with Crippen LogP contribution in [0.4, 0.5) is 4.39 Å². The van der Waals surface area contributed by atoms with Gasteiger partial charge >= 0.3 is 0 Å². The standard InChI is InChI=1S/C16H14FN3O2S/c1-9-7-8-23-13(9)15(21)18-10(2)16-19-14(20-22-16)11-3-5-12(17)6-4-11/h3-8,10H,1-2H3,(H,18,21). The molecule has 0 fully saturated rings. The second-order valence-corrected chi connectivity index (χ2v) is 6.01. The number of carbonyl (C=O) groups excluding carboxylic acids is 1. The molecule has 0 aliphatic carbocycles. The summed E-state index contributed by atoms with van der Waals surface area (Å²) in [6.45, 7) is 3.65. The first-order valence-corrected chi connectivity index (χ1v) is 7.87. The monoisotopic (exact) mass is 331 g/mol. The summed E-state index contributed by atoms with van der Waals surface area (Å²) in [7, 11) is 0. The summed E-state index contributed by atoms with van der Waals surface area (Å²) >= 11 is 1.38. The minimum absolute atomic E-state index is 0.175. The van der Waals surface area contributed by atoms with Gasteiger partial charge in [-0.1, -0.05) is 5.16 Å². The number of nitrogens with one attached hydrogen (secondary N) is 1. The molecule has 3 rings (SSSR count). The largest absolute Gasteiger partial charge is 0.340 e. The molecule has 118 valence electrons. The van der Waals surface area contributed by atoms with Crippen molar-refractivity contribution < 1.29 is 13.7 Å². The van der Waals surface area contributed by atoms with Crippen molar-refractivity contribution in [2.24, 2.45) is 0 Å². The molecule has 1 unspecified atom stereocenters. The van der Waals surface area contributed by atoms with E-state index in [0.717, 1.165) is 5.56 Å². The Labute approximate surface area is 136 Å². The number of nitrogens with zero attached hydrogens (tertiary/aromatic N) is 2. The molecule has 7 heteroatoms. The van der Waals surface area contributed by atoms with Crippen molar-refractivity contribution in [3.63, 3.8) is 0 Å². The van der Waals surface area contributed by atoms with Crippen molar-refractivity contribution in [2.75, 3.05) is 0 Å². The normalized spacial score (nSPS) is 12.1. The quantitative estimate of drug-likeness (QED) is 0.791. The van der Waals surface area contributed by atoms with E-state index in [1.165, 1.54) is 23.5 Å². The van der Waals surface area contributed by atoms with Gasteiger partial charge in [0.2, 0.25) is 11.7 Å². The van der Waals surface area contributed by atoms with Crippen LogP contribution in [0.3, 0.4) is 0 Å². The minimum Gasteiger partial charge on any atom is -0.340 e. The summed E-state index contributed by atoms with van der Waals surface area (Å²) in [5.74, 6) is 0.149. The lowest BCUT2D eigenvalue weighted by Crippen LogP contribution is -2.26. The number of benzene rings is 1.